The number of alkyl halides is 5. The first-order chi connectivity index (χ1) is 14.0. The highest BCUT2D eigenvalue weighted by Crippen LogP contribution is 2.66. The first-order valence-electron chi connectivity index (χ1n) is 9.64. The van der Waals surface area contributed by atoms with Crippen LogP contribution < -0.4 is 11.1 Å². The summed E-state index contributed by atoms with van der Waals surface area (Å²) in [5, 5.41) is 6.11. The number of nitrogens with two attached hydrogens (primary N) is 1. The molecule has 1 saturated heterocycles. The molecule has 2 saturated carbocycles. The lowest BCUT2D eigenvalue weighted by molar-refractivity contribution is -0.149. The van der Waals surface area contributed by atoms with E-state index in [-0.39, 0.29) is 12.5 Å². The van der Waals surface area contributed by atoms with Crippen LogP contribution in [0.15, 0.2) is 18.5 Å². The van der Waals surface area contributed by atoms with Crippen molar-refractivity contribution >= 4 is 11.7 Å². The molecule has 7 nitrogen and oxygen atoms in total. The summed E-state index contributed by atoms with van der Waals surface area (Å²) >= 11 is 0. The minimum absolute atomic E-state index is 0.0444. The molecule has 4 atom stereocenters. The molecule has 2 aromatic heterocycles. The maximum Gasteiger partial charge on any atom is 0.410 e. The Bertz CT molecular complexity index is 993. The van der Waals surface area contributed by atoms with Crippen LogP contribution in [0.25, 0.3) is 5.65 Å². The highest BCUT2D eigenvalue weighted by atomic mass is 19.4. The standard InChI is InChI=1S/C18H19F5N6O/c19-17(20)10-2-9(3-11(10)17)15(24)12-6-29-14(26-12)1-8(4-25-29)5-28-7-13(18(21,22)23)27-16(28)30/h1,4,6,9-11,13,15H,2-3,5,7,24H2,(H,27,30)/t10-,11-,13-,15-/m0/s1. The molecular weight excluding hydrogens is 411 g/mol. The SMILES string of the molecule is N[C@H](c1cn2ncc(CN3C[C@@H](C(F)(F)F)NC3=O)cc2n1)C1C[C@H]2[C@H](C1)C2(F)F. The molecular formula is C18H19F5N6O. The fourth-order valence-electron chi connectivity index (χ4n) is 4.70. The second-order valence-electron chi connectivity index (χ2n) is 8.40. The van der Waals surface area contributed by atoms with E-state index in [1.54, 1.807) is 12.3 Å². The number of aromatic nitrogens is 3. The second-order valence-corrected chi connectivity index (χ2v) is 8.40. The molecule has 30 heavy (non-hydrogen) atoms. The quantitative estimate of drug-likeness (QED) is 0.730. The molecule has 2 amide bonds. The van der Waals surface area contributed by atoms with Gasteiger partial charge in [-0.1, -0.05) is 0 Å². The number of rotatable bonds is 4. The van der Waals surface area contributed by atoms with Gasteiger partial charge in [-0.25, -0.2) is 23.1 Å². The Balaban J connectivity index is 1.28. The van der Waals surface area contributed by atoms with Crippen molar-refractivity contribution < 1.29 is 26.7 Å². The van der Waals surface area contributed by atoms with Gasteiger partial charge in [-0.3, -0.25) is 0 Å². The number of halogens is 5. The summed E-state index contributed by atoms with van der Waals surface area (Å²) in [5.41, 5.74) is 7.75. The lowest BCUT2D eigenvalue weighted by Gasteiger charge is -2.19. The zero-order valence-corrected chi connectivity index (χ0v) is 15.6. The summed E-state index contributed by atoms with van der Waals surface area (Å²) in [6.45, 7) is -0.524. The first-order valence-corrected chi connectivity index (χ1v) is 9.64. The highest BCUT2D eigenvalue weighted by molar-refractivity contribution is 5.77. The Morgan fingerprint density at radius 2 is 2.00 bits per heavy atom. The van der Waals surface area contributed by atoms with Crippen molar-refractivity contribution in [3.05, 3.63) is 29.7 Å². The van der Waals surface area contributed by atoms with E-state index in [2.05, 4.69) is 10.1 Å². The van der Waals surface area contributed by atoms with Crippen LogP contribution in [0.3, 0.4) is 0 Å². The van der Waals surface area contributed by atoms with Crippen LogP contribution in [0.2, 0.25) is 0 Å². The Morgan fingerprint density at radius 3 is 2.63 bits per heavy atom. The number of urea groups is 1. The molecule has 162 valence electrons. The summed E-state index contributed by atoms with van der Waals surface area (Å²) in [6, 6.07) is -1.56. The Hall–Kier alpha value is -2.50. The molecule has 12 heteroatoms. The van der Waals surface area contributed by atoms with Crippen molar-refractivity contribution in [3.8, 4) is 0 Å². The van der Waals surface area contributed by atoms with E-state index in [1.165, 1.54) is 10.7 Å². The molecule has 0 unspecified atom stereocenters. The number of nitrogens with one attached hydrogen (secondary N) is 1. The molecule has 3 aliphatic rings. The van der Waals surface area contributed by atoms with Crippen molar-refractivity contribution in [2.75, 3.05) is 6.54 Å². The zero-order valence-electron chi connectivity index (χ0n) is 15.6. The number of amides is 2. The van der Waals surface area contributed by atoms with Gasteiger partial charge in [0.15, 0.2) is 5.65 Å². The number of carbonyl (C=O) groups is 1. The molecule has 5 rings (SSSR count). The number of imidazole rings is 1. The molecule has 3 heterocycles. The Kier molecular flexibility index (Phi) is 4.06. The molecule has 3 fully saturated rings. The maximum atomic E-state index is 13.4. The summed E-state index contributed by atoms with van der Waals surface area (Å²) in [7, 11) is 0. The predicted molar refractivity (Wildman–Crippen MR) is 93.4 cm³/mol. The zero-order chi connectivity index (χ0) is 21.4. The van der Waals surface area contributed by atoms with Gasteiger partial charge in [0.05, 0.1) is 30.7 Å². The Morgan fingerprint density at radius 1 is 1.30 bits per heavy atom. The number of hydrogen-bond acceptors (Lipinski definition) is 4. The van der Waals surface area contributed by atoms with E-state index in [0.717, 1.165) is 4.90 Å². The van der Waals surface area contributed by atoms with Crippen LogP contribution in [0.1, 0.15) is 30.1 Å². The smallest absolute Gasteiger partial charge is 0.324 e. The Labute approximate surface area is 167 Å². The summed E-state index contributed by atoms with van der Waals surface area (Å²) in [5.74, 6) is -3.79. The average Bonchev–Trinajstić information content (AvgIpc) is 3.18. The predicted octanol–water partition coefficient (Wildman–Crippen LogP) is 2.48. The molecule has 1 aliphatic heterocycles. The second kappa shape index (κ2) is 6.25. The van der Waals surface area contributed by atoms with Crippen LogP contribution >= 0.6 is 0 Å². The first kappa shape index (κ1) is 19.5. The minimum Gasteiger partial charge on any atom is -0.324 e. The third-order valence-electron chi connectivity index (χ3n) is 6.48. The molecule has 2 aromatic rings. The van der Waals surface area contributed by atoms with Gasteiger partial charge in [0.1, 0.15) is 6.04 Å². The van der Waals surface area contributed by atoms with E-state index in [9.17, 15) is 26.7 Å². The third-order valence-corrected chi connectivity index (χ3v) is 6.48. The highest BCUT2D eigenvalue weighted by Gasteiger charge is 2.71. The fraction of sp³-hybridized carbons (Fsp3) is 0.611. The van der Waals surface area contributed by atoms with Crippen LogP contribution in [0.5, 0.6) is 0 Å². The van der Waals surface area contributed by atoms with Gasteiger partial charge < -0.3 is 16.0 Å². The minimum atomic E-state index is -4.51. The van der Waals surface area contributed by atoms with Crippen molar-refractivity contribution in [2.45, 2.75) is 43.6 Å². The summed E-state index contributed by atoms with van der Waals surface area (Å²) in [6.07, 6.45) is -0.686. The van der Waals surface area contributed by atoms with Gasteiger partial charge in [-0.05, 0) is 30.4 Å². The van der Waals surface area contributed by atoms with Crippen LogP contribution in [0, 0.1) is 17.8 Å². The van der Waals surface area contributed by atoms with Crippen LogP contribution in [0.4, 0.5) is 26.7 Å². The van der Waals surface area contributed by atoms with Gasteiger partial charge >= 0.3 is 12.2 Å². The van der Waals surface area contributed by atoms with Gasteiger partial charge in [-0.2, -0.15) is 18.3 Å². The normalized spacial score (nSPS) is 29.3. The molecule has 2 aliphatic carbocycles. The third kappa shape index (κ3) is 3.08. The molecule has 0 aromatic carbocycles. The van der Waals surface area contributed by atoms with Crippen molar-refractivity contribution in [2.24, 2.45) is 23.5 Å². The van der Waals surface area contributed by atoms with Crippen molar-refractivity contribution in [3.63, 3.8) is 0 Å². The largest absolute Gasteiger partial charge is 0.410 e. The number of hydrogen-bond donors (Lipinski definition) is 2. The molecule has 0 radical (unpaired) electrons. The molecule has 0 bridgehead atoms. The number of carbonyl (C=O) groups excluding carboxylic acids is 1. The summed E-state index contributed by atoms with van der Waals surface area (Å²) in [4.78, 5) is 17.3. The van der Waals surface area contributed by atoms with Crippen molar-refractivity contribution in [1.82, 2.24) is 24.8 Å². The molecule has 3 N–H and O–H groups in total. The van der Waals surface area contributed by atoms with E-state index >= 15 is 0 Å². The van der Waals surface area contributed by atoms with Crippen LogP contribution in [-0.2, 0) is 6.54 Å². The van der Waals surface area contributed by atoms with Gasteiger partial charge in [0.2, 0.25) is 0 Å². The fourth-order valence-corrected chi connectivity index (χ4v) is 4.70. The number of nitrogens with zero attached hydrogens (tertiary/aromatic N) is 4. The van der Waals surface area contributed by atoms with Gasteiger partial charge in [0, 0.05) is 18.4 Å². The van der Waals surface area contributed by atoms with Crippen molar-refractivity contribution in [1.29, 1.82) is 0 Å². The summed E-state index contributed by atoms with van der Waals surface area (Å²) < 4.78 is 66.7. The van der Waals surface area contributed by atoms with E-state index in [4.69, 9.17) is 5.73 Å². The lowest BCUT2D eigenvalue weighted by atomic mass is 9.93. The van der Waals surface area contributed by atoms with E-state index < -0.39 is 48.6 Å². The number of fused-ring (bicyclic) bond motifs is 2. The van der Waals surface area contributed by atoms with Gasteiger partial charge in [-0.15, -0.1) is 0 Å². The average molecular weight is 430 g/mol. The monoisotopic (exact) mass is 430 g/mol. The van der Waals surface area contributed by atoms with Crippen LogP contribution in [-0.4, -0.2) is 50.2 Å². The maximum absolute atomic E-state index is 13.4. The van der Waals surface area contributed by atoms with E-state index in [0.29, 0.717) is 29.7 Å². The topological polar surface area (TPSA) is 88.5 Å². The lowest BCUT2D eigenvalue weighted by Crippen LogP contribution is -2.40. The van der Waals surface area contributed by atoms with E-state index in [1.807, 2.05) is 5.32 Å². The van der Waals surface area contributed by atoms with Gasteiger partial charge in [0.25, 0.3) is 5.92 Å². The molecule has 0 spiro atoms.